The summed E-state index contributed by atoms with van der Waals surface area (Å²) < 4.78 is 9.73. The molecule has 0 bridgehead atoms. The topological polar surface area (TPSA) is 58.2 Å². The highest BCUT2D eigenvalue weighted by atomic mass is 35.6. The van der Waals surface area contributed by atoms with E-state index in [1.54, 1.807) is 4.84 Å². The second-order valence-electron chi connectivity index (χ2n) is 3.95. The predicted octanol–water partition coefficient (Wildman–Crippen LogP) is 3.94. The van der Waals surface area contributed by atoms with Gasteiger partial charge in [-0.15, -0.1) is 0 Å². The van der Waals surface area contributed by atoms with Gasteiger partial charge in [0.2, 0.25) is 0 Å². The van der Waals surface area contributed by atoms with E-state index in [9.17, 15) is 14.0 Å². The Morgan fingerprint density at radius 1 is 1.19 bits per heavy atom. The monoisotopic (exact) mass is 420 g/mol. The van der Waals surface area contributed by atoms with Gasteiger partial charge in [0.05, 0.1) is 6.04 Å². The SMILES string of the molecule is CC(NC(=O)C(Cl)(Cl)Cl)/C(F)=C/CCC(Cl)(Cl)C(=O)NCl. The summed E-state index contributed by atoms with van der Waals surface area (Å²) in [4.78, 5) is 24.3. The van der Waals surface area contributed by atoms with Crippen LogP contribution >= 0.6 is 69.8 Å². The Balaban J connectivity index is 4.49. The summed E-state index contributed by atoms with van der Waals surface area (Å²) in [6.45, 7) is 1.35. The fraction of sp³-hybridized carbons (Fsp3) is 0.600. The Bertz CT molecular complexity index is 424. The zero-order chi connectivity index (χ0) is 16.8. The van der Waals surface area contributed by atoms with Crippen LogP contribution in [0.1, 0.15) is 19.8 Å². The number of rotatable bonds is 6. The van der Waals surface area contributed by atoms with Gasteiger partial charge in [0.15, 0.2) is 4.33 Å². The van der Waals surface area contributed by atoms with Crippen LogP contribution in [-0.2, 0) is 9.59 Å². The molecule has 4 nitrogen and oxygen atoms in total. The van der Waals surface area contributed by atoms with E-state index in [0.717, 1.165) is 6.08 Å². The minimum atomic E-state index is -2.19. The average Bonchev–Trinajstić information content (AvgIpc) is 2.35. The molecule has 0 aliphatic rings. The zero-order valence-electron chi connectivity index (χ0n) is 10.5. The van der Waals surface area contributed by atoms with Crippen LogP contribution in [0.15, 0.2) is 11.9 Å². The average molecular weight is 423 g/mol. The van der Waals surface area contributed by atoms with Crippen molar-refractivity contribution in [2.75, 3.05) is 0 Å². The molecule has 0 saturated heterocycles. The lowest BCUT2D eigenvalue weighted by molar-refractivity contribution is -0.121. The Hall–Kier alpha value is 0.350. The number of amides is 2. The largest absolute Gasteiger partial charge is 0.344 e. The number of halogens is 7. The Morgan fingerprint density at radius 2 is 1.71 bits per heavy atom. The van der Waals surface area contributed by atoms with Crippen molar-refractivity contribution in [3.8, 4) is 0 Å². The summed E-state index contributed by atoms with van der Waals surface area (Å²) in [5.41, 5.74) is 0. The molecule has 0 aliphatic carbocycles. The van der Waals surface area contributed by atoms with E-state index >= 15 is 0 Å². The highest BCUT2D eigenvalue weighted by Gasteiger charge is 2.33. The number of nitrogens with one attached hydrogen (secondary N) is 2. The third-order valence-corrected chi connectivity index (χ3v) is 3.64. The zero-order valence-corrected chi connectivity index (χ0v) is 15.1. The van der Waals surface area contributed by atoms with E-state index in [1.165, 1.54) is 6.92 Å². The van der Waals surface area contributed by atoms with Gasteiger partial charge in [-0.3, -0.25) is 14.4 Å². The fourth-order valence-electron chi connectivity index (χ4n) is 1.10. The molecule has 1 atom stereocenters. The number of hydrogen-bond acceptors (Lipinski definition) is 2. The second-order valence-corrected chi connectivity index (χ2v) is 7.90. The van der Waals surface area contributed by atoms with Gasteiger partial charge in [0.1, 0.15) is 5.83 Å². The van der Waals surface area contributed by atoms with Crippen molar-refractivity contribution in [3.63, 3.8) is 0 Å². The predicted molar refractivity (Wildman–Crippen MR) is 84.8 cm³/mol. The molecule has 0 radical (unpaired) electrons. The van der Waals surface area contributed by atoms with Crippen molar-refractivity contribution in [1.29, 1.82) is 0 Å². The fourth-order valence-corrected chi connectivity index (χ4v) is 1.83. The molecule has 0 aliphatic heterocycles. The van der Waals surface area contributed by atoms with Gasteiger partial charge in [0, 0.05) is 11.8 Å². The van der Waals surface area contributed by atoms with E-state index in [4.69, 9.17) is 69.8 Å². The first-order valence-corrected chi connectivity index (χ1v) is 7.70. The van der Waals surface area contributed by atoms with Gasteiger partial charge < -0.3 is 5.32 Å². The van der Waals surface area contributed by atoms with E-state index < -0.39 is 31.8 Å². The summed E-state index contributed by atoms with van der Waals surface area (Å²) in [6, 6.07) is -1.02. The van der Waals surface area contributed by atoms with Gasteiger partial charge in [-0.2, -0.15) is 0 Å². The first kappa shape index (κ1) is 21.4. The van der Waals surface area contributed by atoms with Crippen molar-refractivity contribution in [1.82, 2.24) is 10.2 Å². The molecule has 0 spiro atoms. The molecule has 0 heterocycles. The lowest BCUT2D eigenvalue weighted by Gasteiger charge is -2.17. The van der Waals surface area contributed by atoms with Crippen LogP contribution in [0, 0.1) is 0 Å². The van der Waals surface area contributed by atoms with E-state index in [1.807, 2.05) is 0 Å². The van der Waals surface area contributed by atoms with Crippen LogP contribution in [-0.4, -0.2) is 26.0 Å². The lowest BCUT2D eigenvalue weighted by Crippen LogP contribution is -2.40. The van der Waals surface area contributed by atoms with Gasteiger partial charge in [0.25, 0.3) is 15.6 Å². The molecule has 11 heteroatoms. The summed E-state index contributed by atoms with van der Waals surface area (Å²) >= 11 is 32.5. The third kappa shape index (κ3) is 7.95. The molecule has 2 N–H and O–H groups in total. The molecule has 0 aromatic rings. The van der Waals surface area contributed by atoms with Crippen LogP contribution in [0.25, 0.3) is 0 Å². The van der Waals surface area contributed by atoms with Crippen molar-refractivity contribution in [2.24, 2.45) is 0 Å². The molecule has 0 aromatic heterocycles. The van der Waals surface area contributed by atoms with Crippen LogP contribution in [0.2, 0.25) is 0 Å². The van der Waals surface area contributed by atoms with Crippen LogP contribution in [0.3, 0.4) is 0 Å². The van der Waals surface area contributed by atoms with E-state index in [-0.39, 0.29) is 12.8 Å². The van der Waals surface area contributed by atoms with E-state index in [0.29, 0.717) is 0 Å². The van der Waals surface area contributed by atoms with Crippen LogP contribution in [0.4, 0.5) is 4.39 Å². The van der Waals surface area contributed by atoms with Gasteiger partial charge in [-0.1, -0.05) is 64.1 Å². The molecule has 0 saturated carbocycles. The smallest absolute Gasteiger partial charge is 0.272 e. The van der Waals surface area contributed by atoms with Crippen molar-refractivity contribution in [3.05, 3.63) is 11.9 Å². The van der Waals surface area contributed by atoms with E-state index in [2.05, 4.69) is 5.32 Å². The molecule has 2 amide bonds. The normalized spacial score (nSPS) is 14.6. The number of carbonyl (C=O) groups excluding carboxylic acids is 2. The first-order valence-electron chi connectivity index (χ1n) is 5.44. The number of alkyl halides is 5. The van der Waals surface area contributed by atoms with Crippen LogP contribution in [0.5, 0.6) is 0 Å². The molecular weight excluding hydrogens is 412 g/mol. The maximum absolute atomic E-state index is 13.7. The third-order valence-electron chi connectivity index (χ3n) is 2.23. The molecule has 0 fully saturated rings. The van der Waals surface area contributed by atoms with Gasteiger partial charge >= 0.3 is 0 Å². The minimum absolute atomic E-state index is 0.0249. The maximum Gasteiger partial charge on any atom is 0.272 e. The van der Waals surface area contributed by atoms with Crippen molar-refractivity contribution >= 4 is 81.6 Å². The molecule has 21 heavy (non-hydrogen) atoms. The summed E-state index contributed by atoms with van der Waals surface area (Å²) in [5.74, 6) is -2.49. The standard InChI is InChI=1S/C10H11Cl6FN2O2/c1-5(18-8(21)10(13,14)15)6(17)3-2-4-9(11,12)7(20)19-16/h3,5H,2,4H2,1H3,(H,18,21)(H,19,20)/b6-3-. The summed E-state index contributed by atoms with van der Waals surface area (Å²) in [6.07, 6.45) is 1.04. The second kappa shape index (κ2) is 8.85. The van der Waals surface area contributed by atoms with Crippen LogP contribution < -0.4 is 10.2 Å². The van der Waals surface area contributed by atoms with Gasteiger partial charge in [-0.25, -0.2) is 4.39 Å². The Morgan fingerprint density at radius 3 is 2.14 bits per heavy atom. The Labute approximate surface area is 151 Å². The summed E-state index contributed by atoms with van der Waals surface area (Å²) in [7, 11) is 0. The molecular formula is C10H11Cl6FN2O2. The molecule has 1 unspecified atom stereocenters. The lowest BCUT2D eigenvalue weighted by atomic mass is 10.1. The highest BCUT2D eigenvalue weighted by Crippen LogP contribution is 2.28. The highest BCUT2D eigenvalue weighted by molar-refractivity contribution is 6.76. The number of carbonyl (C=O) groups is 2. The first-order chi connectivity index (χ1) is 9.41. The van der Waals surface area contributed by atoms with Crippen molar-refractivity contribution in [2.45, 2.75) is 33.9 Å². The quantitative estimate of drug-likeness (QED) is 0.503. The molecule has 0 rings (SSSR count). The van der Waals surface area contributed by atoms with Gasteiger partial charge in [-0.05, 0) is 19.8 Å². The summed E-state index contributed by atoms with van der Waals surface area (Å²) in [5, 5.41) is 2.16. The Kier molecular flexibility index (Phi) is 8.99. The number of allylic oxidation sites excluding steroid dienone is 1. The molecule has 122 valence electrons. The minimum Gasteiger partial charge on any atom is -0.344 e. The maximum atomic E-state index is 13.7. The van der Waals surface area contributed by atoms with Crippen molar-refractivity contribution < 1.29 is 14.0 Å². The molecule has 0 aromatic carbocycles. The number of hydrogen-bond donors (Lipinski definition) is 2.